The van der Waals surface area contributed by atoms with Crippen LogP contribution in [-0.2, 0) is 16.4 Å². The molecule has 2 N–H and O–H groups in total. The second-order valence-electron chi connectivity index (χ2n) is 6.67. The van der Waals surface area contributed by atoms with Crippen molar-refractivity contribution in [3.05, 3.63) is 30.1 Å². The van der Waals surface area contributed by atoms with Crippen molar-refractivity contribution >= 4 is 37.6 Å². The van der Waals surface area contributed by atoms with Gasteiger partial charge in [0.1, 0.15) is 15.4 Å². The topological polar surface area (TPSA) is 90.9 Å². The minimum Gasteiger partial charge on any atom is -0.382 e. The van der Waals surface area contributed by atoms with Gasteiger partial charge in [-0.1, -0.05) is 26.0 Å². The fourth-order valence-electron chi connectivity index (χ4n) is 3.22. The second-order valence-corrected chi connectivity index (χ2v) is 8.93. The molecular formula is C18H24N4O2S. The first kappa shape index (κ1) is 17.7. The van der Waals surface area contributed by atoms with E-state index in [1.54, 1.807) is 6.33 Å². The van der Waals surface area contributed by atoms with Crippen molar-refractivity contribution in [3.63, 3.8) is 0 Å². The number of anilines is 1. The van der Waals surface area contributed by atoms with Crippen LogP contribution in [0.2, 0.25) is 0 Å². The third-order valence-electron chi connectivity index (χ3n) is 4.69. The molecule has 6 nitrogen and oxygen atoms in total. The van der Waals surface area contributed by atoms with Crippen molar-refractivity contribution in [1.29, 1.82) is 0 Å². The van der Waals surface area contributed by atoms with Gasteiger partial charge in [-0.3, -0.25) is 0 Å². The number of pyridine rings is 1. The first-order valence-corrected chi connectivity index (χ1v) is 10.6. The lowest BCUT2D eigenvalue weighted by molar-refractivity contribution is 0.593. The van der Waals surface area contributed by atoms with E-state index in [0.717, 1.165) is 22.8 Å². The van der Waals surface area contributed by atoms with E-state index in [1.165, 1.54) is 11.8 Å². The molecular weight excluding hydrogens is 336 g/mol. The highest BCUT2D eigenvalue weighted by Crippen LogP contribution is 2.34. The monoisotopic (exact) mass is 360 g/mol. The standard InChI is InChI=1S/C18H24N4O2S/c1-4-12(2)13-7-5-8-14-15(13)17-16(18(19)21-14)20-11-22(17)9-6-10-25(3,23)24/h5,7-8,11-12H,4,6,9-10H2,1-3H3,(H2,19,21). The largest absolute Gasteiger partial charge is 0.382 e. The van der Waals surface area contributed by atoms with Gasteiger partial charge in [-0.15, -0.1) is 0 Å². The van der Waals surface area contributed by atoms with Crippen LogP contribution in [0.25, 0.3) is 21.9 Å². The quantitative estimate of drug-likeness (QED) is 0.729. The number of nitrogen functional groups attached to an aromatic ring is 1. The van der Waals surface area contributed by atoms with Crippen LogP contribution in [0.3, 0.4) is 0 Å². The van der Waals surface area contributed by atoms with Gasteiger partial charge in [0.05, 0.1) is 23.1 Å². The summed E-state index contributed by atoms with van der Waals surface area (Å²) in [5, 5.41) is 1.07. The number of nitrogens with two attached hydrogens (primary N) is 1. The summed E-state index contributed by atoms with van der Waals surface area (Å²) in [4.78, 5) is 8.96. The lowest BCUT2D eigenvalue weighted by atomic mass is 9.94. The maximum Gasteiger partial charge on any atom is 0.152 e. The molecule has 134 valence electrons. The van der Waals surface area contributed by atoms with E-state index in [4.69, 9.17) is 5.73 Å². The molecule has 25 heavy (non-hydrogen) atoms. The molecule has 2 heterocycles. The first-order chi connectivity index (χ1) is 11.8. The zero-order valence-electron chi connectivity index (χ0n) is 14.9. The fraction of sp³-hybridized carbons (Fsp3) is 0.444. The van der Waals surface area contributed by atoms with Crippen LogP contribution in [0.4, 0.5) is 5.82 Å². The average molecular weight is 360 g/mol. The van der Waals surface area contributed by atoms with Crippen molar-refractivity contribution in [2.75, 3.05) is 17.7 Å². The third kappa shape index (κ3) is 3.46. The summed E-state index contributed by atoms with van der Waals surface area (Å²) in [5.41, 5.74) is 9.82. The van der Waals surface area contributed by atoms with Gasteiger partial charge in [0.25, 0.3) is 0 Å². The zero-order chi connectivity index (χ0) is 18.2. The number of rotatable bonds is 6. The van der Waals surface area contributed by atoms with Gasteiger partial charge in [0.2, 0.25) is 0 Å². The molecule has 1 aromatic carbocycles. The van der Waals surface area contributed by atoms with Crippen LogP contribution >= 0.6 is 0 Å². The number of hydrogen-bond acceptors (Lipinski definition) is 5. The molecule has 0 amide bonds. The van der Waals surface area contributed by atoms with E-state index in [-0.39, 0.29) is 5.75 Å². The lowest BCUT2D eigenvalue weighted by Gasteiger charge is -2.15. The zero-order valence-corrected chi connectivity index (χ0v) is 15.7. The Labute approximate surface area is 148 Å². The van der Waals surface area contributed by atoms with E-state index < -0.39 is 9.84 Å². The fourth-order valence-corrected chi connectivity index (χ4v) is 3.87. The van der Waals surface area contributed by atoms with Crippen molar-refractivity contribution in [2.24, 2.45) is 0 Å². The molecule has 0 aliphatic rings. The highest BCUT2D eigenvalue weighted by Gasteiger charge is 2.17. The van der Waals surface area contributed by atoms with Gasteiger partial charge in [0, 0.05) is 18.2 Å². The summed E-state index contributed by atoms with van der Waals surface area (Å²) < 4.78 is 24.8. The molecule has 1 unspecified atom stereocenters. The maximum atomic E-state index is 11.4. The molecule has 3 rings (SSSR count). The van der Waals surface area contributed by atoms with Gasteiger partial charge in [0.15, 0.2) is 5.82 Å². The summed E-state index contributed by atoms with van der Waals surface area (Å²) in [6, 6.07) is 6.10. The van der Waals surface area contributed by atoms with Crippen LogP contribution in [0.5, 0.6) is 0 Å². The second kappa shape index (κ2) is 6.63. The number of imidazole rings is 1. The van der Waals surface area contributed by atoms with Gasteiger partial charge in [-0.2, -0.15) is 0 Å². The number of hydrogen-bond donors (Lipinski definition) is 1. The summed E-state index contributed by atoms with van der Waals surface area (Å²) >= 11 is 0. The Balaban J connectivity index is 2.19. The molecule has 2 aromatic heterocycles. The molecule has 0 aliphatic carbocycles. The number of fused-ring (bicyclic) bond motifs is 3. The highest BCUT2D eigenvalue weighted by molar-refractivity contribution is 7.90. The lowest BCUT2D eigenvalue weighted by Crippen LogP contribution is -2.07. The number of aromatic nitrogens is 3. The van der Waals surface area contributed by atoms with E-state index in [9.17, 15) is 8.42 Å². The van der Waals surface area contributed by atoms with Crippen LogP contribution < -0.4 is 5.73 Å². The Bertz CT molecular complexity index is 1020. The summed E-state index contributed by atoms with van der Waals surface area (Å²) in [7, 11) is -2.98. The molecule has 1 atom stereocenters. The predicted octanol–water partition coefficient (Wildman–Crippen LogP) is 3.11. The van der Waals surface area contributed by atoms with Crippen LogP contribution in [0, 0.1) is 0 Å². The minimum atomic E-state index is -2.98. The maximum absolute atomic E-state index is 11.4. The molecule has 0 fully saturated rings. The van der Waals surface area contributed by atoms with Crippen LogP contribution in [0.1, 0.15) is 38.2 Å². The van der Waals surface area contributed by atoms with Gasteiger partial charge in [-0.05, 0) is 30.4 Å². The minimum absolute atomic E-state index is 0.156. The van der Waals surface area contributed by atoms with E-state index in [2.05, 4.69) is 29.9 Å². The Hall–Kier alpha value is -2.15. The predicted molar refractivity (Wildman–Crippen MR) is 102 cm³/mol. The smallest absolute Gasteiger partial charge is 0.152 e. The molecule has 7 heteroatoms. The summed E-state index contributed by atoms with van der Waals surface area (Å²) in [6.45, 7) is 4.94. The van der Waals surface area contributed by atoms with E-state index in [0.29, 0.717) is 30.2 Å². The average Bonchev–Trinajstić information content (AvgIpc) is 2.97. The Kier molecular flexibility index (Phi) is 4.69. The van der Waals surface area contributed by atoms with Crippen molar-refractivity contribution in [1.82, 2.24) is 14.5 Å². The summed E-state index contributed by atoms with van der Waals surface area (Å²) in [6.07, 6.45) is 4.56. The number of aryl methyl sites for hydroxylation is 1. The molecule has 3 aromatic rings. The summed E-state index contributed by atoms with van der Waals surface area (Å²) in [5.74, 6) is 0.950. The van der Waals surface area contributed by atoms with Crippen LogP contribution in [-0.4, -0.2) is 35.0 Å². The molecule has 0 saturated carbocycles. The molecule has 0 spiro atoms. The highest BCUT2D eigenvalue weighted by atomic mass is 32.2. The number of sulfone groups is 1. The Morgan fingerprint density at radius 3 is 2.76 bits per heavy atom. The number of benzene rings is 1. The number of nitrogens with zero attached hydrogens (tertiary/aromatic N) is 3. The van der Waals surface area contributed by atoms with Crippen molar-refractivity contribution in [3.8, 4) is 0 Å². The molecule has 0 aliphatic heterocycles. The Morgan fingerprint density at radius 2 is 2.08 bits per heavy atom. The third-order valence-corrected chi connectivity index (χ3v) is 5.72. The van der Waals surface area contributed by atoms with Crippen LogP contribution in [0.15, 0.2) is 24.5 Å². The SMILES string of the molecule is CCC(C)c1cccc2nc(N)c3ncn(CCCS(C)(=O)=O)c3c12. The van der Waals surface area contributed by atoms with E-state index in [1.807, 2.05) is 16.7 Å². The molecule has 0 radical (unpaired) electrons. The normalized spacial score (nSPS) is 13.6. The van der Waals surface area contributed by atoms with E-state index >= 15 is 0 Å². The first-order valence-electron chi connectivity index (χ1n) is 8.52. The molecule has 0 saturated heterocycles. The molecule has 0 bridgehead atoms. The van der Waals surface area contributed by atoms with Gasteiger partial charge < -0.3 is 10.3 Å². The van der Waals surface area contributed by atoms with Gasteiger partial charge in [-0.25, -0.2) is 18.4 Å². The van der Waals surface area contributed by atoms with Crippen molar-refractivity contribution < 1.29 is 8.42 Å². The van der Waals surface area contributed by atoms with Gasteiger partial charge >= 0.3 is 0 Å². The Morgan fingerprint density at radius 1 is 1.32 bits per heavy atom. The van der Waals surface area contributed by atoms with Crippen molar-refractivity contribution in [2.45, 2.75) is 39.2 Å².